The summed E-state index contributed by atoms with van der Waals surface area (Å²) in [7, 11) is 0. The Balaban J connectivity index is 0.000000149. The fraction of sp³-hybridized carbons (Fsp3) is 0.316. The number of hydrogen-bond acceptors (Lipinski definition) is 3. The molecule has 0 atom stereocenters. The number of anilines is 1. The van der Waals surface area contributed by atoms with Gasteiger partial charge in [-0.15, -0.1) is 0 Å². The van der Waals surface area contributed by atoms with Gasteiger partial charge in [-0.05, 0) is 61.8 Å². The van der Waals surface area contributed by atoms with Gasteiger partial charge in [0.15, 0.2) is 0 Å². The Morgan fingerprint density at radius 3 is 2.54 bits per heavy atom. The summed E-state index contributed by atoms with van der Waals surface area (Å²) >= 11 is 5.84. The molecule has 1 aromatic heterocycles. The largest absolute Gasteiger partial charge is 0.399 e. The third-order valence-corrected chi connectivity index (χ3v) is 4.48. The van der Waals surface area contributed by atoms with Gasteiger partial charge >= 0.3 is 0 Å². The van der Waals surface area contributed by atoms with Gasteiger partial charge in [0.25, 0.3) is 0 Å². The number of nitrogens with two attached hydrogens (primary N) is 1. The number of hydrogen-bond donors (Lipinski definition) is 2. The molecule has 1 fully saturated rings. The maximum Gasteiger partial charge on any atom is 0.0651 e. The van der Waals surface area contributed by atoms with Crippen molar-refractivity contribution >= 4 is 28.2 Å². The highest BCUT2D eigenvalue weighted by Crippen LogP contribution is 2.15. The lowest BCUT2D eigenvalue weighted by molar-refractivity contribution is 0.221. The molecule has 0 bridgehead atoms. The van der Waals surface area contributed by atoms with Crippen molar-refractivity contribution < 1.29 is 0 Å². The average molecular weight is 343 g/mol. The molecular weight excluding hydrogens is 320 g/mol. The minimum absolute atomic E-state index is 0.772. The van der Waals surface area contributed by atoms with E-state index in [1.54, 1.807) is 6.20 Å². The number of likely N-dealkylation sites (tertiary alicyclic amines) is 1. The fourth-order valence-electron chi connectivity index (χ4n) is 2.93. The number of halogens is 1. The molecule has 0 radical (unpaired) electrons. The number of fused-ring (bicyclic) bond motifs is 1. The van der Waals surface area contributed by atoms with Crippen LogP contribution in [0.5, 0.6) is 0 Å². The SMILES string of the molecule is Clc1ccc(CN2CCCCC2)cc1.Nc1ccc2[nH]ncc2c1. The Kier molecular flexibility index (Phi) is 5.72. The summed E-state index contributed by atoms with van der Waals surface area (Å²) in [6.45, 7) is 3.59. The topological polar surface area (TPSA) is 57.9 Å². The second-order valence-corrected chi connectivity index (χ2v) is 6.62. The zero-order chi connectivity index (χ0) is 16.8. The minimum Gasteiger partial charge on any atom is -0.399 e. The van der Waals surface area contributed by atoms with E-state index in [0.717, 1.165) is 28.2 Å². The molecule has 0 amide bonds. The Morgan fingerprint density at radius 2 is 1.79 bits per heavy atom. The van der Waals surface area contributed by atoms with E-state index in [1.165, 1.54) is 37.9 Å². The van der Waals surface area contributed by atoms with Crippen LogP contribution >= 0.6 is 11.6 Å². The summed E-state index contributed by atoms with van der Waals surface area (Å²) in [5, 5.41) is 8.58. The lowest BCUT2D eigenvalue weighted by Crippen LogP contribution is -2.28. The van der Waals surface area contributed by atoms with Crippen LogP contribution in [0.4, 0.5) is 5.69 Å². The van der Waals surface area contributed by atoms with E-state index in [0.29, 0.717) is 0 Å². The van der Waals surface area contributed by atoms with Gasteiger partial charge < -0.3 is 5.73 Å². The molecule has 0 saturated carbocycles. The van der Waals surface area contributed by atoms with E-state index in [9.17, 15) is 0 Å². The molecule has 4 rings (SSSR count). The normalized spacial score (nSPS) is 15.0. The first-order chi connectivity index (χ1) is 11.7. The molecule has 1 saturated heterocycles. The summed E-state index contributed by atoms with van der Waals surface area (Å²) in [4.78, 5) is 2.52. The quantitative estimate of drug-likeness (QED) is 0.675. The van der Waals surface area contributed by atoms with Crippen LogP contribution in [0, 0.1) is 0 Å². The van der Waals surface area contributed by atoms with Crippen molar-refractivity contribution in [2.24, 2.45) is 0 Å². The number of nitrogen functional groups attached to an aromatic ring is 1. The van der Waals surface area contributed by atoms with Crippen LogP contribution in [0.1, 0.15) is 24.8 Å². The first-order valence-corrected chi connectivity index (χ1v) is 8.74. The average Bonchev–Trinajstić information content (AvgIpc) is 3.06. The second kappa shape index (κ2) is 8.18. The second-order valence-electron chi connectivity index (χ2n) is 6.18. The maximum atomic E-state index is 5.84. The van der Waals surface area contributed by atoms with Crippen LogP contribution in [0.15, 0.2) is 48.7 Å². The van der Waals surface area contributed by atoms with E-state index < -0.39 is 0 Å². The van der Waals surface area contributed by atoms with Crippen molar-refractivity contribution in [1.82, 2.24) is 15.1 Å². The molecule has 0 unspecified atom stereocenters. The third kappa shape index (κ3) is 4.73. The van der Waals surface area contributed by atoms with Gasteiger partial charge in [-0.25, -0.2) is 0 Å². The Hall–Kier alpha value is -2.04. The Bertz CT molecular complexity index is 760. The van der Waals surface area contributed by atoms with E-state index in [1.807, 2.05) is 30.3 Å². The monoisotopic (exact) mass is 342 g/mol. The molecule has 5 heteroatoms. The van der Waals surface area contributed by atoms with Gasteiger partial charge in [-0.1, -0.05) is 30.2 Å². The summed E-state index contributed by atoms with van der Waals surface area (Å²) in [6, 6.07) is 13.8. The number of aromatic nitrogens is 2. The molecule has 24 heavy (non-hydrogen) atoms. The molecule has 0 aliphatic carbocycles. The van der Waals surface area contributed by atoms with Gasteiger partial charge in [-0.3, -0.25) is 10.00 Å². The van der Waals surface area contributed by atoms with E-state index in [2.05, 4.69) is 27.2 Å². The maximum absolute atomic E-state index is 5.84. The van der Waals surface area contributed by atoms with Crippen LogP contribution < -0.4 is 5.73 Å². The molecule has 4 nitrogen and oxygen atoms in total. The molecule has 1 aliphatic heterocycles. The van der Waals surface area contributed by atoms with E-state index >= 15 is 0 Å². The lowest BCUT2D eigenvalue weighted by Gasteiger charge is -2.26. The van der Waals surface area contributed by atoms with Crippen LogP contribution in [-0.4, -0.2) is 28.2 Å². The third-order valence-electron chi connectivity index (χ3n) is 4.23. The van der Waals surface area contributed by atoms with Gasteiger partial charge in [0, 0.05) is 22.6 Å². The van der Waals surface area contributed by atoms with Crippen molar-refractivity contribution in [3.05, 3.63) is 59.2 Å². The van der Waals surface area contributed by atoms with Gasteiger partial charge in [-0.2, -0.15) is 5.10 Å². The zero-order valence-electron chi connectivity index (χ0n) is 13.7. The smallest absolute Gasteiger partial charge is 0.0651 e. The van der Waals surface area contributed by atoms with Gasteiger partial charge in [0.2, 0.25) is 0 Å². The first kappa shape index (κ1) is 16.8. The number of rotatable bonds is 2. The highest BCUT2D eigenvalue weighted by Gasteiger charge is 2.09. The van der Waals surface area contributed by atoms with Crippen molar-refractivity contribution in [2.75, 3.05) is 18.8 Å². The predicted octanol–water partition coefficient (Wildman–Crippen LogP) is 4.47. The van der Waals surface area contributed by atoms with E-state index in [-0.39, 0.29) is 0 Å². The molecule has 1 aliphatic rings. The van der Waals surface area contributed by atoms with Crippen molar-refractivity contribution in [1.29, 1.82) is 0 Å². The van der Waals surface area contributed by atoms with Crippen LogP contribution in [0.25, 0.3) is 10.9 Å². The summed E-state index contributed by atoms with van der Waals surface area (Å²) in [6.07, 6.45) is 5.87. The van der Waals surface area contributed by atoms with Crippen LogP contribution in [-0.2, 0) is 6.54 Å². The van der Waals surface area contributed by atoms with Gasteiger partial charge in [0.05, 0.1) is 11.7 Å². The summed E-state index contributed by atoms with van der Waals surface area (Å²) in [5.41, 5.74) is 8.71. The van der Waals surface area contributed by atoms with E-state index in [4.69, 9.17) is 17.3 Å². The minimum atomic E-state index is 0.772. The molecule has 3 aromatic rings. The molecule has 126 valence electrons. The van der Waals surface area contributed by atoms with Crippen molar-refractivity contribution in [3.63, 3.8) is 0 Å². The highest BCUT2D eigenvalue weighted by atomic mass is 35.5. The van der Waals surface area contributed by atoms with Crippen molar-refractivity contribution in [2.45, 2.75) is 25.8 Å². The number of nitrogens with zero attached hydrogens (tertiary/aromatic N) is 2. The first-order valence-electron chi connectivity index (χ1n) is 8.36. The van der Waals surface area contributed by atoms with Crippen LogP contribution in [0.3, 0.4) is 0 Å². The van der Waals surface area contributed by atoms with Gasteiger partial charge in [0.1, 0.15) is 0 Å². The molecule has 3 N–H and O–H groups in total. The molecular formula is C19H23ClN4. The highest BCUT2D eigenvalue weighted by molar-refractivity contribution is 6.30. The van der Waals surface area contributed by atoms with Crippen LogP contribution in [0.2, 0.25) is 5.02 Å². The Labute approximate surface area is 147 Å². The fourth-order valence-corrected chi connectivity index (χ4v) is 3.05. The zero-order valence-corrected chi connectivity index (χ0v) is 14.5. The van der Waals surface area contributed by atoms with Crippen molar-refractivity contribution in [3.8, 4) is 0 Å². The molecule has 0 spiro atoms. The molecule has 2 heterocycles. The lowest BCUT2D eigenvalue weighted by atomic mass is 10.1. The summed E-state index contributed by atoms with van der Waals surface area (Å²) < 4.78 is 0. The number of aromatic amines is 1. The number of piperidine rings is 1. The number of benzene rings is 2. The standard InChI is InChI=1S/C12H16ClN.C7H7N3/c13-12-6-4-11(5-7-12)10-14-8-2-1-3-9-14;8-6-1-2-7-5(3-6)4-9-10-7/h4-7H,1-3,8-10H2;1-4H,8H2,(H,9,10). The Morgan fingerprint density at radius 1 is 1.04 bits per heavy atom. The predicted molar refractivity (Wildman–Crippen MR) is 101 cm³/mol. The molecule has 2 aromatic carbocycles. The summed E-state index contributed by atoms with van der Waals surface area (Å²) in [5.74, 6) is 0. The number of H-pyrrole nitrogens is 1. The number of nitrogens with one attached hydrogen (secondary N) is 1.